The number of rotatable bonds is 5. The molecule has 3 N–H and O–H groups in total. The monoisotopic (exact) mass is 416 g/mol. The van der Waals surface area contributed by atoms with E-state index in [1.54, 1.807) is 18.2 Å². The summed E-state index contributed by atoms with van der Waals surface area (Å²) >= 11 is 3.37. The van der Waals surface area contributed by atoms with Crippen molar-refractivity contribution in [1.29, 1.82) is 0 Å². The molecule has 0 aliphatic heterocycles. The predicted molar refractivity (Wildman–Crippen MR) is 101 cm³/mol. The molecule has 8 heteroatoms. The zero-order valence-electron chi connectivity index (χ0n) is 14.2. The summed E-state index contributed by atoms with van der Waals surface area (Å²) in [6.07, 6.45) is 0. The molecular formula is C18H17BrN4O3. The van der Waals surface area contributed by atoms with Crippen molar-refractivity contribution >= 4 is 33.4 Å². The van der Waals surface area contributed by atoms with Crippen LogP contribution in [-0.2, 0) is 4.79 Å². The third kappa shape index (κ3) is 4.20. The first kappa shape index (κ1) is 17.9. The maximum atomic E-state index is 12.2. The van der Waals surface area contributed by atoms with Crippen LogP contribution in [0.5, 0.6) is 0 Å². The molecule has 0 aliphatic carbocycles. The van der Waals surface area contributed by atoms with Gasteiger partial charge in [-0.15, -0.1) is 0 Å². The van der Waals surface area contributed by atoms with Crippen LogP contribution >= 0.6 is 15.9 Å². The average Bonchev–Trinajstić information content (AvgIpc) is 3.24. The lowest BCUT2D eigenvalue weighted by atomic mass is 10.2. The fraction of sp³-hybridized carbons (Fsp3) is 0.167. The van der Waals surface area contributed by atoms with E-state index >= 15 is 0 Å². The lowest BCUT2D eigenvalue weighted by Crippen LogP contribution is -2.33. The highest BCUT2D eigenvalue weighted by Crippen LogP contribution is 2.21. The van der Waals surface area contributed by atoms with Crippen molar-refractivity contribution in [3.63, 3.8) is 0 Å². The summed E-state index contributed by atoms with van der Waals surface area (Å²) in [6.45, 7) is 3.57. The lowest BCUT2D eigenvalue weighted by molar-refractivity contribution is -0.115. The molecule has 0 unspecified atom stereocenters. The van der Waals surface area contributed by atoms with Gasteiger partial charge in [-0.3, -0.25) is 14.7 Å². The molecular weight excluding hydrogens is 400 g/mol. The Hall–Kier alpha value is -2.87. The van der Waals surface area contributed by atoms with Crippen LogP contribution in [0.4, 0.5) is 5.69 Å². The molecule has 0 aliphatic rings. The first-order chi connectivity index (χ1) is 12.4. The predicted octanol–water partition coefficient (Wildman–Crippen LogP) is 3.42. The van der Waals surface area contributed by atoms with Crippen molar-refractivity contribution in [3.05, 3.63) is 57.9 Å². The summed E-state index contributed by atoms with van der Waals surface area (Å²) in [5, 5.41) is 12.0. The van der Waals surface area contributed by atoms with Crippen molar-refractivity contribution in [1.82, 2.24) is 15.5 Å². The maximum absolute atomic E-state index is 12.2. The first-order valence-corrected chi connectivity index (χ1v) is 8.68. The van der Waals surface area contributed by atoms with Gasteiger partial charge < -0.3 is 15.1 Å². The van der Waals surface area contributed by atoms with Gasteiger partial charge in [0.1, 0.15) is 11.5 Å². The fourth-order valence-electron chi connectivity index (χ4n) is 2.36. The highest BCUT2D eigenvalue weighted by atomic mass is 79.9. The van der Waals surface area contributed by atoms with Gasteiger partial charge in [-0.1, -0.05) is 15.9 Å². The van der Waals surface area contributed by atoms with Crippen LogP contribution < -0.4 is 10.6 Å². The number of nitrogens with zero attached hydrogens (tertiary/aromatic N) is 1. The van der Waals surface area contributed by atoms with Gasteiger partial charge in [0.05, 0.1) is 6.54 Å². The number of aryl methyl sites for hydroxylation is 2. The number of nitrogens with one attached hydrogen (secondary N) is 3. The van der Waals surface area contributed by atoms with Crippen LogP contribution in [0, 0.1) is 13.8 Å². The lowest BCUT2D eigenvalue weighted by Gasteiger charge is -2.09. The van der Waals surface area contributed by atoms with Crippen LogP contribution in [0.2, 0.25) is 0 Å². The minimum atomic E-state index is -0.446. The maximum Gasteiger partial charge on any atom is 0.272 e. The molecule has 0 bridgehead atoms. The van der Waals surface area contributed by atoms with Gasteiger partial charge in [0.2, 0.25) is 5.91 Å². The van der Waals surface area contributed by atoms with Gasteiger partial charge in [-0.25, -0.2) is 0 Å². The number of hydrogen-bond donors (Lipinski definition) is 3. The van der Waals surface area contributed by atoms with E-state index in [2.05, 4.69) is 36.8 Å². The summed E-state index contributed by atoms with van der Waals surface area (Å²) in [5.41, 5.74) is 2.40. The minimum absolute atomic E-state index is 0.156. The Morgan fingerprint density at radius 3 is 2.69 bits per heavy atom. The van der Waals surface area contributed by atoms with Gasteiger partial charge in [0.15, 0.2) is 11.5 Å². The molecule has 1 aromatic carbocycles. The van der Waals surface area contributed by atoms with Gasteiger partial charge in [-0.05, 0) is 49.7 Å². The van der Waals surface area contributed by atoms with Crippen molar-refractivity contribution in [3.8, 4) is 11.5 Å². The summed E-state index contributed by atoms with van der Waals surface area (Å²) in [6, 6.07) is 10.7. The molecule has 0 saturated heterocycles. The Kier molecular flexibility index (Phi) is 5.22. The topological polar surface area (TPSA) is 100 Å². The molecule has 0 radical (unpaired) electrons. The van der Waals surface area contributed by atoms with Crippen LogP contribution in [0.25, 0.3) is 11.5 Å². The number of benzene rings is 1. The Morgan fingerprint density at radius 2 is 2.00 bits per heavy atom. The molecule has 3 rings (SSSR count). The Bertz CT molecular complexity index is 961. The van der Waals surface area contributed by atoms with Gasteiger partial charge in [0, 0.05) is 16.2 Å². The number of carbonyl (C=O) groups is 2. The molecule has 0 atom stereocenters. The molecule has 0 spiro atoms. The second kappa shape index (κ2) is 7.57. The molecule has 2 aromatic heterocycles. The largest absolute Gasteiger partial charge is 0.460 e. The Morgan fingerprint density at radius 1 is 1.19 bits per heavy atom. The number of carbonyl (C=O) groups excluding carboxylic acids is 2. The molecule has 2 amide bonds. The summed E-state index contributed by atoms with van der Waals surface area (Å²) in [4.78, 5) is 24.2. The van der Waals surface area contributed by atoms with Gasteiger partial charge in [-0.2, -0.15) is 5.10 Å². The van der Waals surface area contributed by atoms with Crippen molar-refractivity contribution < 1.29 is 14.0 Å². The number of furan rings is 1. The van der Waals surface area contributed by atoms with Crippen LogP contribution in [0.3, 0.4) is 0 Å². The fourth-order valence-corrected chi connectivity index (χ4v) is 2.83. The number of aromatic nitrogens is 2. The summed E-state index contributed by atoms with van der Waals surface area (Å²) in [5.74, 6) is 0.595. The Balaban J connectivity index is 1.57. The third-order valence-corrected chi connectivity index (χ3v) is 4.18. The second-order valence-electron chi connectivity index (χ2n) is 5.77. The van der Waals surface area contributed by atoms with E-state index in [1.165, 1.54) is 0 Å². The quantitative estimate of drug-likeness (QED) is 0.592. The molecule has 7 nitrogen and oxygen atoms in total. The zero-order valence-corrected chi connectivity index (χ0v) is 15.8. The molecule has 3 aromatic rings. The van der Waals surface area contributed by atoms with E-state index in [1.807, 2.05) is 32.0 Å². The molecule has 134 valence electrons. The number of aromatic amines is 1. The van der Waals surface area contributed by atoms with Gasteiger partial charge in [0.25, 0.3) is 5.91 Å². The second-order valence-corrected chi connectivity index (χ2v) is 6.68. The number of amides is 2. The standard InChI is InChI=1S/C18H17BrN4O3/c1-10-7-12(19)4-5-13(10)21-17(24)9-20-18(25)15-8-14(22-23-15)16-6-3-11(2)26-16/h3-8H,9H2,1-2H3,(H,20,25)(H,21,24)(H,22,23). The molecule has 2 heterocycles. The van der Waals surface area contributed by atoms with Crippen molar-refractivity contribution in [2.75, 3.05) is 11.9 Å². The van der Waals surface area contributed by atoms with E-state index in [0.717, 1.165) is 15.8 Å². The first-order valence-electron chi connectivity index (χ1n) is 7.89. The van der Waals surface area contributed by atoms with E-state index in [4.69, 9.17) is 4.42 Å². The number of anilines is 1. The summed E-state index contributed by atoms with van der Waals surface area (Å²) in [7, 11) is 0. The SMILES string of the molecule is Cc1ccc(-c2cc(C(=O)NCC(=O)Nc3ccc(Br)cc3C)n[nH]2)o1. The van der Waals surface area contributed by atoms with Gasteiger partial charge >= 0.3 is 0 Å². The number of hydrogen-bond acceptors (Lipinski definition) is 4. The third-order valence-electron chi connectivity index (χ3n) is 3.69. The number of halogens is 1. The highest BCUT2D eigenvalue weighted by molar-refractivity contribution is 9.10. The minimum Gasteiger partial charge on any atom is -0.460 e. The van der Waals surface area contributed by atoms with Crippen molar-refractivity contribution in [2.24, 2.45) is 0 Å². The Labute approximate surface area is 158 Å². The van der Waals surface area contributed by atoms with Crippen LogP contribution in [-0.4, -0.2) is 28.6 Å². The van der Waals surface area contributed by atoms with E-state index < -0.39 is 5.91 Å². The zero-order chi connectivity index (χ0) is 18.7. The number of H-pyrrole nitrogens is 1. The normalized spacial score (nSPS) is 10.6. The van der Waals surface area contributed by atoms with Crippen LogP contribution in [0.1, 0.15) is 21.8 Å². The van der Waals surface area contributed by atoms with Crippen molar-refractivity contribution in [2.45, 2.75) is 13.8 Å². The average molecular weight is 417 g/mol. The van der Waals surface area contributed by atoms with E-state index in [0.29, 0.717) is 17.1 Å². The smallest absolute Gasteiger partial charge is 0.272 e. The van der Waals surface area contributed by atoms with E-state index in [9.17, 15) is 9.59 Å². The highest BCUT2D eigenvalue weighted by Gasteiger charge is 2.14. The molecule has 0 saturated carbocycles. The molecule has 0 fully saturated rings. The van der Waals surface area contributed by atoms with E-state index in [-0.39, 0.29) is 18.1 Å². The van der Waals surface area contributed by atoms with Crippen LogP contribution in [0.15, 0.2) is 45.3 Å². The summed E-state index contributed by atoms with van der Waals surface area (Å²) < 4.78 is 6.41. The molecule has 26 heavy (non-hydrogen) atoms.